The summed E-state index contributed by atoms with van der Waals surface area (Å²) < 4.78 is 26.0. The van der Waals surface area contributed by atoms with E-state index in [9.17, 15) is 8.42 Å². The molecule has 0 bridgehead atoms. The van der Waals surface area contributed by atoms with Gasteiger partial charge in [-0.2, -0.15) is 0 Å². The van der Waals surface area contributed by atoms with Crippen LogP contribution in [-0.4, -0.2) is 21.5 Å². The van der Waals surface area contributed by atoms with E-state index >= 15 is 0 Å². The monoisotopic (exact) mass is 297 g/mol. The Labute approximate surface area is 121 Å². The van der Waals surface area contributed by atoms with Crippen LogP contribution in [0.1, 0.15) is 33.1 Å². The number of nitrogens with two attached hydrogens (primary N) is 1. The van der Waals surface area contributed by atoms with Crippen molar-refractivity contribution in [3.05, 3.63) is 18.2 Å². The van der Waals surface area contributed by atoms with Gasteiger partial charge in [-0.05, 0) is 43.5 Å². The zero-order chi connectivity index (χ0) is 15.0. The van der Waals surface area contributed by atoms with Crippen LogP contribution in [0.5, 0.6) is 0 Å². The molecule has 1 aliphatic rings. The molecule has 0 spiro atoms. The van der Waals surface area contributed by atoms with Gasteiger partial charge in [0, 0.05) is 6.04 Å². The number of hydrogen-bond donors (Lipinski definition) is 3. The fourth-order valence-electron chi connectivity index (χ4n) is 2.73. The van der Waals surface area contributed by atoms with Gasteiger partial charge in [0.15, 0.2) is 0 Å². The molecule has 1 aromatic carbocycles. The number of benzene rings is 1. The van der Waals surface area contributed by atoms with Crippen LogP contribution in [-0.2, 0) is 10.0 Å². The van der Waals surface area contributed by atoms with Crippen molar-refractivity contribution in [3.8, 4) is 0 Å². The van der Waals surface area contributed by atoms with Crippen LogP contribution in [0.25, 0.3) is 0 Å². The zero-order valence-corrected chi connectivity index (χ0v) is 13.0. The van der Waals surface area contributed by atoms with E-state index in [1.165, 1.54) is 26.0 Å². The van der Waals surface area contributed by atoms with E-state index in [1.54, 1.807) is 12.1 Å². The largest absolute Gasteiger partial charge is 0.397 e. The average Bonchev–Trinajstić information content (AvgIpc) is 2.71. The molecule has 6 heteroatoms. The van der Waals surface area contributed by atoms with Crippen LogP contribution in [0.15, 0.2) is 23.1 Å². The van der Waals surface area contributed by atoms with Gasteiger partial charge in [-0.15, -0.1) is 0 Å². The number of sulfonamides is 1. The van der Waals surface area contributed by atoms with Crippen molar-refractivity contribution in [1.82, 2.24) is 4.72 Å². The van der Waals surface area contributed by atoms with Crippen molar-refractivity contribution in [1.29, 1.82) is 0 Å². The first-order valence-corrected chi connectivity index (χ1v) is 8.34. The molecular weight excluding hydrogens is 274 g/mol. The maximum absolute atomic E-state index is 11.8. The molecule has 5 nitrogen and oxygen atoms in total. The normalized spacial score (nSPS) is 21.9. The van der Waals surface area contributed by atoms with Crippen LogP contribution < -0.4 is 15.8 Å². The molecular formula is C14H23N3O2S. The van der Waals surface area contributed by atoms with Gasteiger partial charge in [0.25, 0.3) is 0 Å². The van der Waals surface area contributed by atoms with Gasteiger partial charge in [0.1, 0.15) is 0 Å². The highest BCUT2D eigenvalue weighted by Crippen LogP contribution is 2.40. The van der Waals surface area contributed by atoms with E-state index < -0.39 is 10.0 Å². The quantitative estimate of drug-likeness (QED) is 0.744. The summed E-state index contributed by atoms with van der Waals surface area (Å²) in [5.74, 6) is 0. The lowest BCUT2D eigenvalue weighted by Crippen LogP contribution is -2.31. The Morgan fingerprint density at radius 3 is 2.60 bits per heavy atom. The highest BCUT2D eigenvalue weighted by molar-refractivity contribution is 7.89. The molecule has 2 rings (SSSR count). The molecule has 0 aromatic heterocycles. The summed E-state index contributed by atoms with van der Waals surface area (Å²) in [4.78, 5) is 0.229. The molecule has 4 N–H and O–H groups in total. The average molecular weight is 297 g/mol. The van der Waals surface area contributed by atoms with Gasteiger partial charge in [-0.1, -0.05) is 20.3 Å². The minimum absolute atomic E-state index is 0.199. The standard InChI is InChI=1S/C14H23N3O2S/c1-14(2)8-4-5-13(14)17-12-9-10(6-7-11(12)15)20(18,19)16-3/h6-7,9,13,16-17H,4-5,8,15H2,1-3H3. The van der Waals surface area contributed by atoms with Crippen molar-refractivity contribution in [3.63, 3.8) is 0 Å². The summed E-state index contributed by atoms with van der Waals surface area (Å²) in [7, 11) is -2.04. The molecule has 1 fully saturated rings. The van der Waals surface area contributed by atoms with Crippen molar-refractivity contribution in [2.24, 2.45) is 5.41 Å². The summed E-state index contributed by atoms with van der Waals surface area (Å²) in [6, 6.07) is 5.08. The number of anilines is 2. The number of hydrogen-bond acceptors (Lipinski definition) is 4. The van der Waals surface area contributed by atoms with Crippen LogP contribution in [0.3, 0.4) is 0 Å². The minimum Gasteiger partial charge on any atom is -0.397 e. The van der Waals surface area contributed by atoms with E-state index in [0.717, 1.165) is 6.42 Å². The second-order valence-electron chi connectivity index (χ2n) is 6.03. The van der Waals surface area contributed by atoms with E-state index in [2.05, 4.69) is 23.9 Å². The smallest absolute Gasteiger partial charge is 0.240 e. The van der Waals surface area contributed by atoms with Crippen molar-refractivity contribution < 1.29 is 8.42 Å². The third-order valence-corrected chi connectivity index (χ3v) is 5.60. The van der Waals surface area contributed by atoms with Crippen LogP contribution >= 0.6 is 0 Å². The van der Waals surface area contributed by atoms with E-state index in [-0.39, 0.29) is 10.3 Å². The lowest BCUT2D eigenvalue weighted by Gasteiger charge is -2.29. The molecule has 1 unspecified atom stereocenters. The van der Waals surface area contributed by atoms with Crippen LogP contribution in [0, 0.1) is 5.41 Å². The molecule has 1 saturated carbocycles. The third kappa shape index (κ3) is 2.91. The first-order valence-electron chi connectivity index (χ1n) is 6.86. The van der Waals surface area contributed by atoms with Gasteiger partial charge in [0.2, 0.25) is 10.0 Å². The molecule has 1 atom stereocenters. The maximum atomic E-state index is 11.8. The number of nitrogen functional groups attached to an aromatic ring is 1. The SMILES string of the molecule is CNS(=O)(=O)c1ccc(N)c(NC2CCCC2(C)C)c1. The highest BCUT2D eigenvalue weighted by atomic mass is 32.2. The minimum atomic E-state index is -3.45. The van der Waals surface area contributed by atoms with Crippen LogP contribution in [0.2, 0.25) is 0 Å². The maximum Gasteiger partial charge on any atom is 0.240 e. The molecule has 112 valence electrons. The fraction of sp³-hybridized carbons (Fsp3) is 0.571. The number of rotatable bonds is 4. The third-order valence-electron chi connectivity index (χ3n) is 4.19. The molecule has 1 aliphatic carbocycles. The van der Waals surface area contributed by atoms with Gasteiger partial charge < -0.3 is 11.1 Å². The molecule has 1 aromatic rings. The summed E-state index contributed by atoms with van der Waals surface area (Å²) in [6.45, 7) is 4.45. The van der Waals surface area contributed by atoms with Gasteiger partial charge in [0.05, 0.1) is 16.3 Å². The van der Waals surface area contributed by atoms with Gasteiger partial charge >= 0.3 is 0 Å². The molecule has 0 amide bonds. The van der Waals surface area contributed by atoms with E-state index in [0.29, 0.717) is 17.4 Å². The first-order chi connectivity index (χ1) is 9.26. The molecule has 20 heavy (non-hydrogen) atoms. The topological polar surface area (TPSA) is 84.2 Å². The Hall–Kier alpha value is -1.27. The van der Waals surface area contributed by atoms with E-state index in [4.69, 9.17) is 5.73 Å². The fourth-order valence-corrected chi connectivity index (χ4v) is 3.48. The molecule has 0 saturated heterocycles. The summed E-state index contributed by atoms with van der Waals surface area (Å²) in [6.07, 6.45) is 3.42. The summed E-state index contributed by atoms with van der Waals surface area (Å²) in [5.41, 5.74) is 7.43. The Balaban J connectivity index is 2.30. The Kier molecular flexibility index (Phi) is 3.97. The van der Waals surface area contributed by atoms with Crippen molar-refractivity contribution in [2.75, 3.05) is 18.1 Å². The predicted molar refractivity (Wildman–Crippen MR) is 82.1 cm³/mol. The summed E-state index contributed by atoms with van der Waals surface area (Å²) in [5, 5.41) is 3.42. The van der Waals surface area contributed by atoms with E-state index in [1.807, 2.05) is 0 Å². The van der Waals surface area contributed by atoms with Crippen LogP contribution in [0.4, 0.5) is 11.4 Å². The lowest BCUT2D eigenvalue weighted by atomic mass is 9.87. The second kappa shape index (κ2) is 5.26. The van der Waals surface area contributed by atoms with Gasteiger partial charge in [-0.3, -0.25) is 0 Å². The Morgan fingerprint density at radius 1 is 1.35 bits per heavy atom. The summed E-state index contributed by atoms with van der Waals surface area (Å²) >= 11 is 0. The molecule has 0 radical (unpaired) electrons. The van der Waals surface area contributed by atoms with Crippen molar-refractivity contribution in [2.45, 2.75) is 44.0 Å². The first kappa shape index (κ1) is 15.1. The molecule has 0 heterocycles. The zero-order valence-electron chi connectivity index (χ0n) is 12.2. The Morgan fingerprint density at radius 2 is 2.05 bits per heavy atom. The predicted octanol–water partition coefficient (Wildman–Crippen LogP) is 2.17. The molecule has 0 aliphatic heterocycles. The van der Waals surface area contributed by atoms with Crippen molar-refractivity contribution >= 4 is 21.4 Å². The van der Waals surface area contributed by atoms with Gasteiger partial charge in [-0.25, -0.2) is 13.1 Å². The number of nitrogens with one attached hydrogen (secondary N) is 2. The highest BCUT2D eigenvalue weighted by Gasteiger charge is 2.34. The Bertz CT molecular complexity index is 596. The second-order valence-corrected chi connectivity index (χ2v) is 7.92. The lowest BCUT2D eigenvalue weighted by molar-refractivity contribution is 0.350.